The predicted octanol–water partition coefficient (Wildman–Crippen LogP) is 3.06. The second-order valence-electron chi connectivity index (χ2n) is 6.52. The summed E-state index contributed by atoms with van der Waals surface area (Å²) in [5.41, 5.74) is 3.83. The van der Waals surface area contributed by atoms with Gasteiger partial charge in [-0.3, -0.25) is 4.99 Å². The molecule has 0 spiro atoms. The molecule has 0 amide bonds. The minimum absolute atomic E-state index is 0. The average Bonchev–Trinajstić information content (AvgIpc) is 3.00. The van der Waals surface area contributed by atoms with Crippen LogP contribution in [-0.2, 0) is 6.42 Å². The SMILES string of the molecule is CCNC(=NCCc1c[nH]c2c(C)cccc12)N1CCC(O)CC1.I. The molecule has 6 heteroatoms. The quantitative estimate of drug-likeness (QED) is 0.377. The largest absolute Gasteiger partial charge is 0.393 e. The zero-order valence-electron chi connectivity index (χ0n) is 15.1. The first kappa shape index (κ1) is 20.0. The average molecular weight is 456 g/mol. The van der Waals surface area contributed by atoms with Crippen molar-refractivity contribution in [1.82, 2.24) is 15.2 Å². The van der Waals surface area contributed by atoms with E-state index in [-0.39, 0.29) is 30.1 Å². The fourth-order valence-corrected chi connectivity index (χ4v) is 3.36. The fourth-order valence-electron chi connectivity index (χ4n) is 3.36. The van der Waals surface area contributed by atoms with Gasteiger partial charge in [0.2, 0.25) is 0 Å². The summed E-state index contributed by atoms with van der Waals surface area (Å²) in [7, 11) is 0. The third-order valence-electron chi connectivity index (χ3n) is 4.75. The minimum atomic E-state index is -0.154. The summed E-state index contributed by atoms with van der Waals surface area (Å²) in [6, 6.07) is 6.42. The van der Waals surface area contributed by atoms with E-state index in [2.05, 4.69) is 53.4 Å². The van der Waals surface area contributed by atoms with E-state index in [4.69, 9.17) is 4.99 Å². The number of rotatable bonds is 4. The third kappa shape index (κ3) is 4.88. The van der Waals surface area contributed by atoms with Gasteiger partial charge in [0.25, 0.3) is 0 Å². The number of H-pyrrole nitrogens is 1. The van der Waals surface area contributed by atoms with Crippen molar-refractivity contribution >= 4 is 40.8 Å². The zero-order chi connectivity index (χ0) is 16.9. The van der Waals surface area contributed by atoms with Crippen LogP contribution in [0.1, 0.15) is 30.9 Å². The molecule has 3 rings (SSSR count). The van der Waals surface area contributed by atoms with Gasteiger partial charge in [0.05, 0.1) is 6.10 Å². The van der Waals surface area contributed by atoms with Gasteiger partial charge in [0.1, 0.15) is 0 Å². The first-order chi connectivity index (χ1) is 11.7. The number of aromatic amines is 1. The molecule has 1 aliphatic rings. The number of aryl methyl sites for hydroxylation is 1. The van der Waals surface area contributed by atoms with Gasteiger partial charge in [-0.15, -0.1) is 24.0 Å². The summed E-state index contributed by atoms with van der Waals surface area (Å²) in [5.74, 6) is 0.973. The number of hydrogen-bond donors (Lipinski definition) is 3. The molecule has 138 valence electrons. The van der Waals surface area contributed by atoms with Crippen LogP contribution in [0, 0.1) is 6.92 Å². The first-order valence-electron chi connectivity index (χ1n) is 8.96. The molecule has 1 aromatic heterocycles. The van der Waals surface area contributed by atoms with Crippen molar-refractivity contribution in [3.05, 3.63) is 35.5 Å². The molecule has 1 aliphatic heterocycles. The second kappa shape index (κ2) is 9.43. The molecule has 0 bridgehead atoms. The number of aliphatic hydroxyl groups is 1. The van der Waals surface area contributed by atoms with Crippen LogP contribution in [0.2, 0.25) is 0 Å². The van der Waals surface area contributed by atoms with Crippen molar-refractivity contribution in [2.45, 2.75) is 39.2 Å². The molecule has 0 radical (unpaired) electrons. The number of nitrogens with one attached hydrogen (secondary N) is 2. The highest BCUT2D eigenvalue weighted by molar-refractivity contribution is 14.0. The van der Waals surface area contributed by atoms with Gasteiger partial charge < -0.3 is 20.3 Å². The second-order valence-corrected chi connectivity index (χ2v) is 6.52. The highest BCUT2D eigenvalue weighted by Crippen LogP contribution is 2.21. The molecule has 1 fully saturated rings. The van der Waals surface area contributed by atoms with E-state index in [1.54, 1.807) is 0 Å². The van der Waals surface area contributed by atoms with E-state index in [1.165, 1.54) is 22.0 Å². The van der Waals surface area contributed by atoms with Crippen LogP contribution in [0.15, 0.2) is 29.4 Å². The maximum Gasteiger partial charge on any atom is 0.193 e. The standard InChI is InChI=1S/C19H28N4O.HI/c1-3-20-19(23-11-8-16(24)9-12-23)21-10-7-15-13-22-18-14(2)5-4-6-17(15)18;/h4-6,13,16,22,24H,3,7-12H2,1-2H3,(H,20,21);1H. The molecule has 1 saturated heterocycles. The maximum absolute atomic E-state index is 9.67. The molecule has 1 aromatic carbocycles. The Labute approximate surface area is 166 Å². The Morgan fingerprint density at radius 3 is 2.84 bits per heavy atom. The Bertz CT molecular complexity index is 705. The van der Waals surface area contributed by atoms with E-state index in [0.717, 1.165) is 51.4 Å². The van der Waals surface area contributed by atoms with Crippen LogP contribution in [-0.4, -0.2) is 53.2 Å². The molecular weight excluding hydrogens is 427 g/mol. The molecule has 0 saturated carbocycles. The van der Waals surface area contributed by atoms with E-state index in [0.29, 0.717) is 0 Å². The summed E-state index contributed by atoms with van der Waals surface area (Å²) < 4.78 is 0. The molecule has 2 aromatic rings. The highest BCUT2D eigenvalue weighted by Gasteiger charge is 2.19. The maximum atomic E-state index is 9.67. The fraction of sp³-hybridized carbons (Fsp3) is 0.526. The lowest BCUT2D eigenvalue weighted by Gasteiger charge is -2.32. The normalized spacial score (nSPS) is 16.1. The van der Waals surface area contributed by atoms with Gasteiger partial charge >= 0.3 is 0 Å². The van der Waals surface area contributed by atoms with Gasteiger partial charge in [-0.25, -0.2) is 0 Å². The molecule has 5 nitrogen and oxygen atoms in total. The van der Waals surface area contributed by atoms with Crippen LogP contribution in [0.3, 0.4) is 0 Å². The number of hydrogen-bond acceptors (Lipinski definition) is 2. The van der Waals surface area contributed by atoms with E-state index in [9.17, 15) is 5.11 Å². The Kier molecular flexibility index (Phi) is 7.56. The number of para-hydroxylation sites is 1. The number of fused-ring (bicyclic) bond motifs is 1. The number of likely N-dealkylation sites (tertiary alicyclic amines) is 1. The van der Waals surface area contributed by atoms with Crippen molar-refractivity contribution in [2.75, 3.05) is 26.2 Å². The van der Waals surface area contributed by atoms with Gasteiger partial charge in [-0.05, 0) is 44.2 Å². The van der Waals surface area contributed by atoms with Crippen molar-refractivity contribution < 1.29 is 5.11 Å². The predicted molar refractivity (Wildman–Crippen MR) is 115 cm³/mol. The lowest BCUT2D eigenvalue weighted by atomic mass is 10.1. The highest BCUT2D eigenvalue weighted by atomic mass is 127. The Hall–Kier alpha value is -1.28. The number of halogens is 1. The summed E-state index contributed by atoms with van der Waals surface area (Å²) in [6.07, 6.45) is 4.53. The Balaban J connectivity index is 0.00000225. The summed E-state index contributed by atoms with van der Waals surface area (Å²) in [4.78, 5) is 10.4. The topological polar surface area (TPSA) is 63.7 Å². The summed E-state index contributed by atoms with van der Waals surface area (Å²) in [6.45, 7) is 7.61. The van der Waals surface area contributed by atoms with Gasteiger partial charge in [-0.1, -0.05) is 18.2 Å². The zero-order valence-corrected chi connectivity index (χ0v) is 17.4. The van der Waals surface area contributed by atoms with Gasteiger partial charge in [-0.2, -0.15) is 0 Å². The number of aromatic nitrogens is 1. The third-order valence-corrected chi connectivity index (χ3v) is 4.75. The number of piperidine rings is 1. The van der Waals surface area contributed by atoms with Crippen molar-refractivity contribution in [2.24, 2.45) is 4.99 Å². The lowest BCUT2D eigenvalue weighted by molar-refractivity contribution is 0.108. The van der Waals surface area contributed by atoms with Crippen molar-refractivity contribution in [1.29, 1.82) is 0 Å². The molecule has 25 heavy (non-hydrogen) atoms. The molecule has 3 N–H and O–H groups in total. The Morgan fingerprint density at radius 1 is 1.36 bits per heavy atom. The number of aliphatic hydroxyl groups excluding tert-OH is 1. The lowest BCUT2D eigenvalue weighted by Crippen LogP contribution is -2.46. The molecule has 0 unspecified atom stereocenters. The Morgan fingerprint density at radius 2 is 2.12 bits per heavy atom. The summed E-state index contributed by atoms with van der Waals surface area (Å²) in [5, 5.41) is 14.4. The minimum Gasteiger partial charge on any atom is -0.393 e. The van der Waals surface area contributed by atoms with E-state index < -0.39 is 0 Å². The monoisotopic (exact) mass is 456 g/mol. The van der Waals surface area contributed by atoms with Crippen LogP contribution < -0.4 is 5.32 Å². The van der Waals surface area contributed by atoms with E-state index >= 15 is 0 Å². The smallest absolute Gasteiger partial charge is 0.193 e. The van der Waals surface area contributed by atoms with E-state index in [1.807, 2.05) is 0 Å². The van der Waals surface area contributed by atoms with Crippen molar-refractivity contribution in [3.63, 3.8) is 0 Å². The number of benzene rings is 1. The molecule has 0 atom stereocenters. The van der Waals surface area contributed by atoms with Gasteiger partial charge in [0, 0.05) is 43.3 Å². The van der Waals surface area contributed by atoms with Crippen molar-refractivity contribution in [3.8, 4) is 0 Å². The van der Waals surface area contributed by atoms with Crippen LogP contribution in [0.25, 0.3) is 10.9 Å². The summed E-state index contributed by atoms with van der Waals surface area (Å²) >= 11 is 0. The van der Waals surface area contributed by atoms with Crippen LogP contribution in [0.5, 0.6) is 0 Å². The molecular formula is C19H29IN4O. The van der Waals surface area contributed by atoms with Gasteiger partial charge in [0.15, 0.2) is 5.96 Å². The molecule has 0 aliphatic carbocycles. The van der Waals surface area contributed by atoms with Crippen LogP contribution in [0.4, 0.5) is 0 Å². The number of guanidine groups is 1. The number of nitrogens with zero attached hydrogens (tertiary/aromatic N) is 2. The van der Waals surface area contributed by atoms with Crippen LogP contribution >= 0.6 is 24.0 Å². The molecule has 2 heterocycles. The number of aliphatic imine (C=N–C) groups is 1. The first-order valence-corrected chi connectivity index (χ1v) is 8.96.